The van der Waals surface area contributed by atoms with Crippen LogP contribution in [-0.2, 0) is 4.79 Å². The zero-order valence-electron chi connectivity index (χ0n) is 11.5. The Hall–Kier alpha value is -0.570. The highest BCUT2D eigenvalue weighted by Crippen LogP contribution is 2.31. The fourth-order valence-electron chi connectivity index (χ4n) is 3.26. The molecule has 0 amide bonds. The van der Waals surface area contributed by atoms with Gasteiger partial charge in [0.2, 0.25) is 0 Å². The van der Waals surface area contributed by atoms with Crippen LogP contribution in [0.4, 0.5) is 0 Å². The highest BCUT2D eigenvalue weighted by Gasteiger charge is 2.41. The highest BCUT2D eigenvalue weighted by atomic mass is 16.4. The van der Waals surface area contributed by atoms with E-state index >= 15 is 0 Å². The standard InChI is InChI=1S/C14H27NO2/c1-4-11-14(3,13(16)17)15(5-2)12-9-7-6-8-10-12/h12H,4-11H2,1-3H3,(H,16,17). The first-order valence-electron chi connectivity index (χ1n) is 7.06. The van der Waals surface area contributed by atoms with Crippen molar-refractivity contribution in [3.05, 3.63) is 0 Å². The van der Waals surface area contributed by atoms with E-state index in [0.717, 1.165) is 19.4 Å². The van der Waals surface area contributed by atoms with Gasteiger partial charge in [-0.15, -0.1) is 0 Å². The molecule has 3 nitrogen and oxygen atoms in total. The normalized spacial score (nSPS) is 21.4. The monoisotopic (exact) mass is 241 g/mol. The van der Waals surface area contributed by atoms with Crippen molar-refractivity contribution in [2.24, 2.45) is 0 Å². The van der Waals surface area contributed by atoms with E-state index in [1.54, 1.807) is 0 Å². The Morgan fingerprint density at radius 2 is 1.88 bits per heavy atom. The summed E-state index contributed by atoms with van der Waals surface area (Å²) < 4.78 is 0. The molecule has 0 heterocycles. The molecule has 0 saturated heterocycles. The molecular formula is C14H27NO2. The van der Waals surface area contributed by atoms with Gasteiger partial charge < -0.3 is 5.11 Å². The van der Waals surface area contributed by atoms with Crippen LogP contribution in [0.2, 0.25) is 0 Å². The number of aliphatic carboxylic acids is 1. The van der Waals surface area contributed by atoms with Crippen molar-refractivity contribution in [1.82, 2.24) is 4.90 Å². The van der Waals surface area contributed by atoms with Crippen LogP contribution in [0.1, 0.15) is 65.7 Å². The summed E-state index contributed by atoms with van der Waals surface area (Å²) in [6.45, 7) is 6.89. The number of rotatable bonds is 6. The third-order valence-electron chi connectivity index (χ3n) is 4.19. The van der Waals surface area contributed by atoms with Crippen molar-refractivity contribution in [3.63, 3.8) is 0 Å². The van der Waals surface area contributed by atoms with Crippen molar-refractivity contribution in [1.29, 1.82) is 0 Å². The molecule has 0 aliphatic heterocycles. The number of hydrogen-bond acceptors (Lipinski definition) is 2. The molecule has 100 valence electrons. The molecule has 0 aromatic carbocycles. The molecule has 0 radical (unpaired) electrons. The van der Waals surface area contributed by atoms with Crippen LogP contribution in [0.3, 0.4) is 0 Å². The van der Waals surface area contributed by atoms with Gasteiger partial charge >= 0.3 is 5.97 Å². The van der Waals surface area contributed by atoms with Crippen LogP contribution >= 0.6 is 0 Å². The maximum absolute atomic E-state index is 11.6. The quantitative estimate of drug-likeness (QED) is 0.775. The van der Waals surface area contributed by atoms with Gasteiger partial charge in [-0.3, -0.25) is 9.69 Å². The molecule has 0 aromatic heterocycles. The Labute approximate surface area is 105 Å². The van der Waals surface area contributed by atoms with Gasteiger partial charge in [0, 0.05) is 6.04 Å². The molecular weight excluding hydrogens is 214 g/mol. The summed E-state index contributed by atoms with van der Waals surface area (Å²) in [5.41, 5.74) is -0.675. The molecule has 1 aliphatic rings. The molecule has 0 aromatic rings. The predicted octanol–water partition coefficient (Wildman–Crippen LogP) is 3.28. The van der Waals surface area contributed by atoms with Crippen LogP contribution < -0.4 is 0 Å². The van der Waals surface area contributed by atoms with E-state index in [-0.39, 0.29) is 0 Å². The Kier molecular flexibility index (Phi) is 5.44. The number of likely N-dealkylation sites (N-methyl/N-ethyl adjacent to an activating group) is 1. The van der Waals surface area contributed by atoms with E-state index in [4.69, 9.17) is 0 Å². The van der Waals surface area contributed by atoms with E-state index < -0.39 is 11.5 Å². The fraction of sp³-hybridized carbons (Fsp3) is 0.929. The minimum Gasteiger partial charge on any atom is -0.480 e. The van der Waals surface area contributed by atoms with Gasteiger partial charge in [0.15, 0.2) is 0 Å². The fourth-order valence-corrected chi connectivity index (χ4v) is 3.26. The van der Waals surface area contributed by atoms with E-state index in [1.165, 1.54) is 32.1 Å². The smallest absolute Gasteiger partial charge is 0.323 e. The number of carboxylic acid groups (broad SMARTS) is 1. The number of hydrogen-bond donors (Lipinski definition) is 1. The summed E-state index contributed by atoms with van der Waals surface area (Å²) in [5.74, 6) is -0.660. The van der Waals surface area contributed by atoms with Gasteiger partial charge in [0.05, 0.1) is 0 Å². The molecule has 1 atom stereocenters. The number of carboxylic acids is 1. The highest BCUT2D eigenvalue weighted by molar-refractivity contribution is 5.78. The lowest BCUT2D eigenvalue weighted by Gasteiger charge is -2.44. The molecule has 1 N–H and O–H groups in total. The third kappa shape index (κ3) is 3.21. The average molecular weight is 241 g/mol. The molecule has 1 saturated carbocycles. The maximum Gasteiger partial charge on any atom is 0.323 e. The zero-order chi connectivity index (χ0) is 12.9. The lowest BCUT2D eigenvalue weighted by molar-refractivity contribution is -0.153. The van der Waals surface area contributed by atoms with E-state index in [0.29, 0.717) is 6.04 Å². The lowest BCUT2D eigenvalue weighted by atomic mass is 9.87. The minimum atomic E-state index is -0.675. The Bertz CT molecular complexity index is 249. The van der Waals surface area contributed by atoms with Crippen molar-refractivity contribution >= 4 is 5.97 Å². The average Bonchev–Trinajstić information content (AvgIpc) is 2.31. The number of nitrogens with zero attached hydrogens (tertiary/aromatic N) is 1. The zero-order valence-corrected chi connectivity index (χ0v) is 11.5. The van der Waals surface area contributed by atoms with Crippen molar-refractivity contribution < 1.29 is 9.90 Å². The molecule has 1 aliphatic carbocycles. The van der Waals surface area contributed by atoms with Crippen LogP contribution in [0.5, 0.6) is 0 Å². The molecule has 0 bridgehead atoms. The summed E-state index contributed by atoms with van der Waals surface area (Å²) in [6.07, 6.45) is 7.82. The first-order valence-corrected chi connectivity index (χ1v) is 7.06. The minimum absolute atomic E-state index is 0.474. The lowest BCUT2D eigenvalue weighted by Crippen LogP contribution is -2.56. The van der Waals surface area contributed by atoms with Gasteiger partial charge in [-0.1, -0.05) is 39.5 Å². The molecule has 0 spiro atoms. The molecule has 1 unspecified atom stereocenters. The van der Waals surface area contributed by atoms with E-state index in [1.807, 2.05) is 6.92 Å². The molecule has 1 rings (SSSR count). The summed E-state index contributed by atoms with van der Waals surface area (Å²) in [6, 6.07) is 0.474. The van der Waals surface area contributed by atoms with E-state index in [9.17, 15) is 9.90 Å². The van der Waals surface area contributed by atoms with Gasteiger partial charge in [0.1, 0.15) is 5.54 Å². The van der Waals surface area contributed by atoms with Crippen LogP contribution in [-0.4, -0.2) is 34.1 Å². The summed E-state index contributed by atoms with van der Waals surface area (Å²) >= 11 is 0. The SMILES string of the molecule is CCCC(C)(C(=O)O)N(CC)C1CCCCC1. The number of carbonyl (C=O) groups is 1. The van der Waals surface area contributed by atoms with Crippen LogP contribution in [0, 0.1) is 0 Å². The van der Waals surface area contributed by atoms with Crippen LogP contribution in [0.25, 0.3) is 0 Å². The maximum atomic E-state index is 11.6. The second kappa shape index (κ2) is 6.39. The Morgan fingerprint density at radius 3 is 2.29 bits per heavy atom. The molecule has 17 heavy (non-hydrogen) atoms. The Morgan fingerprint density at radius 1 is 1.29 bits per heavy atom. The second-order valence-electron chi connectivity index (χ2n) is 5.41. The van der Waals surface area contributed by atoms with Crippen molar-refractivity contribution in [2.75, 3.05) is 6.54 Å². The van der Waals surface area contributed by atoms with Crippen LogP contribution in [0.15, 0.2) is 0 Å². The first kappa shape index (κ1) is 14.5. The summed E-state index contributed by atoms with van der Waals surface area (Å²) in [7, 11) is 0. The van der Waals surface area contributed by atoms with Gasteiger partial charge in [0.25, 0.3) is 0 Å². The third-order valence-corrected chi connectivity index (χ3v) is 4.19. The molecule has 1 fully saturated rings. The van der Waals surface area contributed by atoms with Gasteiger partial charge in [-0.05, 0) is 32.7 Å². The van der Waals surface area contributed by atoms with Crippen molar-refractivity contribution in [2.45, 2.75) is 77.3 Å². The van der Waals surface area contributed by atoms with Crippen molar-refractivity contribution in [3.8, 4) is 0 Å². The molecule has 3 heteroatoms. The van der Waals surface area contributed by atoms with E-state index in [2.05, 4.69) is 18.7 Å². The summed E-state index contributed by atoms with van der Waals surface area (Å²) in [5, 5.41) is 9.55. The first-order chi connectivity index (χ1) is 8.06. The van der Waals surface area contributed by atoms with Gasteiger partial charge in [-0.25, -0.2) is 0 Å². The van der Waals surface area contributed by atoms with Gasteiger partial charge in [-0.2, -0.15) is 0 Å². The topological polar surface area (TPSA) is 40.5 Å². The summed E-state index contributed by atoms with van der Waals surface area (Å²) in [4.78, 5) is 13.8. The second-order valence-corrected chi connectivity index (χ2v) is 5.41. The predicted molar refractivity (Wildman–Crippen MR) is 70.2 cm³/mol. The Balaban J connectivity index is 2.83. The largest absolute Gasteiger partial charge is 0.480 e.